The number of carbonyl (C=O) groups excluding carboxylic acids is 9. The number of benzene rings is 1. The van der Waals surface area contributed by atoms with Crippen molar-refractivity contribution >= 4 is 59.1 Å². The fraction of sp³-hybridized carbons (Fsp3) is 0.484. The topological polar surface area (TPSA) is 313 Å². The summed E-state index contributed by atoms with van der Waals surface area (Å²) in [5.74, 6) is -9.11. The Kier molecular flexibility index (Phi) is 17.0. The zero-order valence-electron chi connectivity index (χ0n) is 27.9. The molecule has 3 unspecified atom stereocenters. The Balaban J connectivity index is 2.40. The zero-order valence-corrected chi connectivity index (χ0v) is 27.9. The molecule has 1 aliphatic rings. The minimum atomic E-state index is -1.69. The molecular weight excluding hydrogens is 674 g/mol. The van der Waals surface area contributed by atoms with Crippen LogP contribution in [0.2, 0.25) is 0 Å². The van der Waals surface area contributed by atoms with Crippen molar-refractivity contribution in [2.24, 2.45) is 5.73 Å². The number of aliphatic carboxylic acids is 1. The molecule has 51 heavy (non-hydrogen) atoms. The van der Waals surface area contributed by atoms with Crippen molar-refractivity contribution in [3.05, 3.63) is 35.9 Å². The van der Waals surface area contributed by atoms with Crippen LogP contribution in [0.4, 0.5) is 0 Å². The lowest BCUT2D eigenvalue weighted by atomic mass is 10.0. The predicted molar refractivity (Wildman–Crippen MR) is 175 cm³/mol. The van der Waals surface area contributed by atoms with Gasteiger partial charge in [-0.2, -0.15) is 0 Å². The first-order valence-electron chi connectivity index (χ1n) is 15.9. The highest BCUT2D eigenvalue weighted by Gasteiger charge is 2.32. The van der Waals surface area contributed by atoms with E-state index >= 15 is 0 Å². The molecule has 20 heteroatoms. The number of rotatable bonds is 8. The molecule has 1 heterocycles. The number of primary amides is 1. The van der Waals surface area contributed by atoms with E-state index in [0.29, 0.717) is 5.56 Å². The van der Waals surface area contributed by atoms with Crippen LogP contribution in [-0.2, 0) is 54.4 Å². The Labute approximate surface area is 292 Å². The molecule has 0 radical (unpaired) electrons. The summed E-state index contributed by atoms with van der Waals surface area (Å²) in [4.78, 5) is 125. The van der Waals surface area contributed by atoms with E-state index in [4.69, 9.17) is 5.73 Å². The van der Waals surface area contributed by atoms with Gasteiger partial charge in [0.05, 0.1) is 32.5 Å². The zero-order chi connectivity index (χ0) is 37.9. The second kappa shape index (κ2) is 21.1. The number of carboxylic acid groups (broad SMARTS) is 1. The van der Waals surface area contributed by atoms with Crippen LogP contribution in [0.3, 0.4) is 0 Å². The Bertz CT molecular complexity index is 1470. The van der Waals surface area contributed by atoms with Crippen LogP contribution < -0.4 is 48.3 Å². The predicted octanol–water partition coefficient (Wildman–Crippen LogP) is -4.81. The van der Waals surface area contributed by atoms with Gasteiger partial charge in [-0.05, 0) is 24.8 Å². The minimum absolute atomic E-state index is 0.0138. The van der Waals surface area contributed by atoms with Crippen molar-refractivity contribution in [3.8, 4) is 0 Å². The maximum atomic E-state index is 13.5. The average molecular weight is 718 g/mol. The van der Waals surface area contributed by atoms with Gasteiger partial charge in [0.15, 0.2) is 0 Å². The van der Waals surface area contributed by atoms with E-state index in [9.17, 15) is 53.1 Å². The lowest BCUT2D eigenvalue weighted by Crippen LogP contribution is -2.59. The van der Waals surface area contributed by atoms with Gasteiger partial charge in [0, 0.05) is 19.9 Å². The van der Waals surface area contributed by atoms with Crippen molar-refractivity contribution < 1.29 is 53.1 Å². The van der Waals surface area contributed by atoms with Crippen LogP contribution in [0.15, 0.2) is 30.3 Å². The van der Waals surface area contributed by atoms with E-state index < -0.39 is 116 Å². The molecule has 1 aromatic carbocycles. The van der Waals surface area contributed by atoms with Crippen molar-refractivity contribution in [3.63, 3.8) is 0 Å². The van der Waals surface area contributed by atoms with Crippen LogP contribution in [0.1, 0.15) is 44.6 Å². The molecule has 0 bridgehead atoms. The van der Waals surface area contributed by atoms with Crippen LogP contribution in [0.25, 0.3) is 0 Å². The number of carbonyl (C=O) groups is 10. The van der Waals surface area contributed by atoms with Crippen molar-refractivity contribution in [2.75, 3.05) is 26.2 Å². The quantitative estimate of drug-likeness (QED) is 0.122. The Morgan fingerprint density at radius 2 is 1.47 bits per heavy atom. The highest BCUT2D eigenvalue weighted by molar-refractivity contribution is 5.98. The first-order valence-corrected chi connectivity index (χ1v) is 15.9. The van der Waals surface area contributed by atoms with Gasteiger partial charge in [0.2, 0.25) is 53.2 Å². The molecule has 0 spiro atoms. The van der Waals surface area contributed by atoms with Gasteiger partial charge in [-0.1, -0.05) is 30.3 Å². The van der Waals surface area contributed by atoms with Crippen molar-refractivity contribution in [2.45, 2.75) is 69.6 Å². The van der Waals surface area contributed by atoms with Gasteiger partial charge >= 0.3 is 5.97 Å². The lowest BCUT2D eigenvalue weighted by Gasteiger charge is -2.25. The first kappa shape index (κ1) is 41.1. The molecule has 1 saturated heterocycles. The molecule has 0 aliphatic carbocycles. The summed E-state index contributed by atoms with van der Waals surface area (Å²) < 4.78 is 0. The third-order valence-electron chi connectivity index (χ3n) is 7.24. The largest absolute Gasteiger partial charge is 0.480 e. The summed E-state index contributed by atoms with van der Waals surface area (Å²) in [6.07, 6.45) is -1.08. The summed E-state index contributed by atoms with van der Waals surface area (Å²) in [6, 6.07) is 2.37. The fourth-order valence-corrected chi connectivity index (χ4v) is 4.67. The maximum absolute atomic E-state index is 13.5. The molecule has 9 amide bonds. The number of carboxylic acids is 1. The molecule has 20 nitrogen and oxygen atoms in total. The summed E-state index contributed by atoms with van der Waals surface area (Å²) in [5, 5.41) is 28.2. The molecule has 0 aromatic heterocycles. The highest BCUT2D eigenvalue weighted by Crippen LogP contribution is 2.06. The number of hydrogen-bond acceptors (Lipinski definition) is 10. The number of amides is 9. The number of nitrogens with two attached hydrogens (primary N) is 1. The van der Waals surface area contributed by atoms with Crippen LogP contribution in [-0.4, -0.2) is 115 Å². The van der Waals surface area contributed by atoms with Gasteiger partial charge in [0.1, 0.15) is 24.2 Å². The average Bonchev–Trinajstić information content (AvgIpc) is 3.06. The minimum Gasteiger partial charge on any atom is -0.480 e. The van der Waals surface area contributed by atoms with Gasteiger partial charge in [-0.25, -0.2) is 4.79 Å². The van der Waals surface area contributed by atoms with Gasteiger partial charge in [-0.3, -0.25) is 43.2 Å². The highest BCUT2D eigenvalue weighted by atomic mass is 16.4. The molecule has 1 aromatic rings. The van der Waals surface area contributed by atoms with Crippen LogP contribution in [0.5, 0.6) is 0 Å². The molecule has 0 saturated carbocycles. The van der Waals surface area contributed by atoms with E-state index in [-0.39, 0.29) is 32.2 Å². The van der Waals surface area contributed by atoms with E-state index in [1.807, 2.05) is 0 Å². The SMILES string of the molecule is CC(=O)NCC(=O)NC1CC(=O)NCCCCC(C(=O)O)NC(=O)CNC(=O)CNC(=O)C(Cc2ccccc2)NC(=O)[C@H](CC(N)=O)NC1=O. The molecule has 278 valence electrons. The van der Waals surface area contributed by atoms with E-state index in [2.05, 4.69) is 42.5 Å². The molecule has 2 rings (SSSR count). The standard InChI is InChI=1S/C31H43N9O11/c1-17(41)34-15-26(45)38-22-13-24(43)33-10-6-5-9-19(31(50)51)37-27(46)16-35-25(44)14-36-28(47)20(11-18-7-3-2-4-8-18)39-29(48)21(12-23(32)42)40-30(22)49/h2-4,7-8,19-22H,5-6,9-16H2,1H3,(H2,32,42)(H,33,43)(H,34,41)(H,35,44)(H,36,47)(H,37,46)(H,38,45)(H,39,48)(H,40,49)(H,50,51)/t19?,20?,21-,22?/m0/s1. The second-order valence-corrected chi connectivity index (χ2v) is 11.5. The van der Waals surface area contributed by atoms with Crippen LogP contribution >= 0.6 is 0 Å². The van der Waals surface area contributed by atoms with E-state index in [1.165, 1.54) is 0 Å². The normalized spacial score (nSPS) is 22.0. The Morgan fingerprint density at radius 3 is 2.12 bits per heavy atom. The van der Waals surface area contributed by atoms with E-state index in [0.717, 1.165) is 6.92 Å². The summed E-state index contributed by atoms with van der Waals surface area (Å²) in [5.41, 5.74) is 5.91. The second-order valence-electron chi connectivity index (χ2n) is 11.5. The first-order chi connectivity index (χ1) is 24.1. The summed E-state index contributed by atoms with van der Waals surface area (Å²) in [6.45, 7) is -0.632. The third-order valence-corrected chi connectivity index (χ3v) is 7.24. The van der Waals surface area contributed by atoms with E-state index in [1.54, 1.807) is 30.3 Å². The summed E-state index contributed by atoms with van der Waals surface area (Å²) >= 11 is 0. The third kappa shape index (κ3) is 16.2. The van der Waals surface area contributed by atoms with Gasteiger partial charge in [0.25, 0.3) is 0 Å². The van der Waals surface area contributed by atoms with Crippen LogP contribution in [0, 0.1) is 0 Å². The fourth-order valence-electron chi connectivity index (χ4n) is 4.67. The molecule has 1 fully saturated rings. The molecule has 11 N–H and O–H groups in total. The maximum Gasteiger partial charge on any atom is 0.326 e. The molecule has 1 aliphatic heterocycles. The van der Waals surface area contributed by atoms with Gasteiger partial charge < -0.3 is 53.4 Å². The lowest BCUT2D eigenvalue weighted by molar-refractivity contribution is -0.142. The number of hydrogen-bond donors (Lipinski definition) is 10. The Morgan fingerprint density at radius 1 is 0.804 bits per heavy atom. The Hall–Kier alpha value is -6.08. The van der Waals surface area contributed by atoms with Crippen molar-refractivity contribution in [1.29, 1.82) is 0 Å². The monoisotopic (exact) mass is 717 g/mol. The van der Waals surface area contributed by atoms with Gasteiger partial charge in [-0.15, -0.1) is 0 Å². The molecular formula is C31H43N9O11. The smallest absolute Gasteiger partial charge is 0.326 e. The van der Waals surface area contributed by atoms with Crippen molar-refractivity contribution in [1.82, 2.24) is 42.5 Å². The molecule has 4 atom stereocenters. The summed E-state index contributed by atoms with van der Waals surface area (Å²) in [7, 11) is 0. The number of nitrogens with one attached hydrogen (secondary N) is 8.